The van der Waals surface area contributed by atoms with Gasteiger partial charge in [0.1, 0.15) is 5.82 Å². The first kappa shape index (κ1) is 18.6. The number of hydrogen-bond acceptors (Lipinski definition) is 1. The SMILES string of the molecule is Cc1ccc2c3cccc4c3n(c2c1)-c1ncccc1[Si]4(c1ccccc1)c1ccccc1. The molecule has 0 saturated heterocycles. The van der Waals surface area contributed by atoms with Crippen LogP contribution in [0.2, 0.25) is 0 Å². The number of aryl methyl sites for hydroxylation is 1. The maximum Gasteiger partial charge on any atom is 0.186 e. The molecule has 0 radical (unpaired) electrons. The van der Waals surface area contributed by atoms with Crippen molar-refractivity contribution in [3.8, 4) is 5.82 Å². The maximum atomic E-state index is 5.04. The smallest absolute Gasteiger partial charge is 0.186 e. The van der Waals surface area contributed by atoms with E-state index in [1.54, 1.807) is 0 Å². The number of hydrogen-bond donors (Lipinski definition) is 0. The summed E-state index contributed by atoms with van der Waals surface area (Å²) in [5, 5.41) is 8.17. The molecule has 0 fully saturated rings. The summed E-state index contributed by atoms with van der Waals surface area (Å²) in [7, 11) is -2.57. The largest absolute Gasteiger partial charge is 0.294 e. The van der Waals surface area contributed by atoms with Gasteiger partial charge < -0.3 is 0 Å². The average Bonchev–Trinajstić information content (AvgIpc) is 3.20. The van der Waals surface area contributed by atoms with Crippen LogP contribution in [0.5, 0.6) is 0 Å². The second-order valence-electron chi connectivity index (χ2n) is 8.91. The predicted octanol–water partition coefficient (Wildman–Crippen LogP) is 4.18. The highest BCUT2D eigenvalue weighted by atomic mass is 28.3. The first-order chi connectivity index (χ1) is 16.3. The fourth-order valence-electron chi connectivity index (χ4n) is 5.88. The Morgan fingerprint density at radius 2 is 1.33 bits per heavy atom. The van der Waals surface area contributed by atoms with Crippen LogP contribution in [0.4, 0.5) is 0 Å². The van der Waals surface area contributed by atoms with Crippen molar-refractivity contribution in [3.05, 3.63) is 121 Å². The Morgan fingerprint density at radius 3 is 2.06 bits per heavy atom. The van der Waals surface area contributed by atoms with Crippen LogP contribution in [0.15, 0.2) is 115 Å². The molecular weight excluding hydrogens is 416 g/mol. The van der Waals surface area contributed by atoms with Crippen molar-refractivity contribution in [2.24, 2.45) is 0 Å². The minimum Gasteiger partial charge on any atom is -0.294 e. The van der Waals surface area contributed by atoms with Crippen molar-refractivity contribution in [2.75, 3.05) is 0 Å². The third-order valence-electron chi connectivity index (χ3n) is 7.16. The molecule has 0 unspecified atom stereocenters. The molecule has 0 bridgehead atoms. The highest BCUT2D eigenvalue weighted by Crippen LogP contribution is 2.34. The van der Waals surface area contributed by atoms with Gasteiger partial charge in [0.15, 0.2) is 8.07 Å². The summed E-state index contributed by atoms with van der Waals surface area (Å²) in [6.45, 7) is 2.17. The van der Waals surface area contributed by atoms with Crippen LogP contribution in [0.1, 0.15) is 5.56 Å². The molecule has 4 aromatic carbocycles. The molecule has 1 aliphatic rings. The molecule has 0 saturated carbocycles. The topological polar surface area (TPSA) is 17.8 Å². The van der Waals surface area contributed by atoms with Gasteiger partial charge in [0.05, 0.1) is 11.0 Å². The van der Waals surface area contributed by atoms with E-state index in [0.29, 0.717) is 0 Å². The van der Waals surface area contributed by atoms with E-state index in [9.17, 15) is 0 Å². The number of para-hydroxylation sites is 1. The first-order valence-electron chi connectivity index (χ1n) is 11.4. The normalized spacial score (nSPS) is 13.8. The Labute approximate surface area is 193 Å². The van der Waals surface area contributed by atoms with Gasteiger partial charge in [-0.3, -0.25) is 4.57 Å². The van der Waals surface area contributed by atoms with Crippen molar-refractivity contribution in [1.82, 2.24) is 9.55 Å². The van der Waals surface area contributed by atoms with Gasteiger partial charge in [-0.1, -0.05) is 97.1 Å². The van der Waals surface area contributed by atoms with Crippen LogP contribution in [-0.4, -0.2) is 17.6 Å². The Kier molecular flexibility index (Phi) is 3.82. The van der Waals surface area contributed by atoms with Crippen LogP contribution >= 0.6 is 0 Å². The van der Waals surface area contributed by atoms with Gasteiger partial charge in [-0.2, -0.15) is 0 Å². The van der Waals surface area contributed by atoms with Gasteiger partial charge >= 0.3 is 0 Å². The van der Waals surface area contributed by atoms with Crippen LogP contribution < -0.4 is 20.7 Å². The summed E-state index contributed by atoms with van der Waals surface area (Å²) < 4.78 is 2.42. The maximum absolute atomic E-state index is 5.04. The molecule has 7 rings (SSSR count). The quantitative estimate of drug-likeness (QED) is 0.370. The lowest BCUT2D eigenvalue weighted by Gasteiger charge is -2.39. The van der Waals surface area contributed by atoms with E-state index in [4.69, 9.17) is 4.98 Å². The summed E-state index contributed by atoms with van der Waals surface area (Å²) >= 11 is 0. The predicted molar refractivity (Wildman–Crippen MR) is 140 cm³/mol. The number of nitrogens with zero attached hydrogens (tertiary/aromatic N) is 2. The molecule has 0 N–H and O–H groups in total. The standard InChI is InChI=1S/C30H22N2Si/c1-21-17-18-24-25-14-8-15-27-29(25)32(26(24)20-21)30-28(16-9-19-31-30)33(27,22-10-4-2-5-11-22)23-12-6-3-7-13-23/h2-20H,1H3. The molecule has 6 aromatic rings. The highest BCUT2D eigenvalue weighted by Gasteiger charge is 2.48. The summed E-state index contributed by atoms with van der Waals surface area (Å²) in [6, 6.07) is 40.3. The lowest BCUT2D eigenvalue weighted by atomic mass is 10.1. The molecule has 0 aliphatic carbocycles. The fourth-order valence-corrected chi connectivity index (χ4v) is 10.9. The molecule has 2 aromatic heterocycles. The van der Waals surface area contributed by atoms with Gasteiger partial charge in [-0.25, -0.2) is 4.98 Å². The summed E-state index contributed by atoms with van der Waals surface area (Å²) in [5.41, 5.74) is 3.81. The Balaban J connectivity index is 1.79. The van der Waals surface area contributed by atoms with Crippen molar-refractivity contribution in [2.45, 2.75) is 6.92 Å². The number of aromatic nitrogens is 2. The van der Waals surface area contributed by atoms with E-state index in [2.05, 4.69) is 121 Å². The molecule has 156 valence electrons. The molecule has 0 amide bonds. The lowest BCUT2D eigenvalue weighted by molar-refractivity contribution is 1.09. The Morgan fingerprint density at radius 1 is 0.636 bits per heavy atom. The van der Waals surface area contributed by atoms with E-state index in [1.807, 2.05) is 6.20 Å². The zero-order chi connectivity index (χ0) is 22.0. The summed E-state index contributed by atoms with van der Waals surface area (Å²) in [4.78, 5) is 5.04. The van der Waals surface area contributed by atoms with Crippen LogP contribution in [0.25, 0.3) is 27.6 Å². The monoisotopic (exact) mass is 438 g/mol. The average molecular weight is 439 g/mol. The molecule has 33 heavy (non-hydrogen) atoms. The van der Waals surface area contributed by atoms with Crippen molar-refractivity contribution in [1.29, 1.82) is 0 Å². The lowest BCUT2D eigenvalue weighted by Crippen LogP contribution is -2.76. The van der Waals surface area contributed by atoms with Crippen LogP contribution in [-0.2, 0) is 0 Å². The number of fused-ring (bicyclic) bond motifs is 5. The van der Waals surface area contributed by atoms with E-state index in [-0.39, 0.29) is 0 Å². The third-order valence-corrected chi connectivity index (χ3v) is 12.0. The van der Waals surface area contributed by atoms with E-state index in [1.165, 1.54) is 48.1 Å². The number of pyridine rings is 1. The third kappa shape index (κ3) is 2.35. The molecule has 1 aliphatic heterocycles. The van der Waals surface area contributed by atoms with Gasteiger partial charge in [0.25, 0.3) is 0 Å². The molecule has 3 heteroatoms. The van der Waals surface area contributed by atoms with Gasteiger partial charge in [0.2, 0.25) is 0 Å². The Bertz CT molecular complexity index is 1630. The molecule has 2 nitrogen and oxygen atoms in total. The fraction of sp³-hybridized carbons (Fsp3) is 0.0333. The van der Waals surface area contributed by atoms with Crippen molar-refractivity contribution in [3.63, 3.8) is 0 Å². The summed E-state index contributed by atoms with van der Waals surface area (Å²) in [5.74, 6) is 1.07. The first-order valence-corrected chi connectivity index (χ1v) is 13.4. The van der Waals surface area contributed by atoms with E-state index >= 15 is 0 Å². The van der Waals surface area contributed by atoms with Gasteiger partial charge in [-0.15, -0.1) is 0 Å². The van der Waals surface area contributed by atoms with E-state index < -0.39 is 8.07 Å². The molecular formula is C30H22N2Si. The summed E-state index contributed by atoms with van der Waals surface area (Å²) in [6.07, 6.45) is 1.94. The number of rotatable bonds is 2. The minimum absolute atomic E-state index is 1.07. The van der Waals surface area contributed by atoms with Gasteiger partial charge in [0, 0.05) is 17.0 Å². The Hall–Kier alpha value is -3.95. The molecule has 0 atom stereocenters. The second kappa shape index (κ2) is 6.77. The molecule has 3 heterocycles. The minimum atomic E-state index is -2.57. The van der Waals surface area contributed by atoms with E-state index in [0.717, 1.165) is 5.82 Å². The molecule has 0 spiro atoms. The van der Waals surface area contributed by atoms with Gasteiger partial charge in [-0.05, 0) is 45.4 Å². The van der Waals surface area contributed by atoms with Crippen LogP contribution in [0, 0.1) is 6.92 Å². The van der Waals surface area contributed by atoms with Crippen molar-refractivity contribution < 1.29 is 0 Å². The second-order valence-corrected chi connectivity index (χ2v) is 12.6. The zero-order valence-electron chi connectivity index (χ0n) is 18.4. The van der Waals surface area contributed by atoms with Crippen LogP contribution in [0.3, 0.4) is 0 Å². The van der Waals surface area contributed by atoms with Crippen molar-refractivity contribution >= 4 is 50.6 Å². The zero-order valence-corrected chi connectivity index (χ0v) is 19.4. The number of benzene rings is 4. The highest BCUT2D eigenvalue weighted by molar-refractivity contribution is 7.21.